The van der Waals surface area contributed by atoms with Crippen LogP contribution in [0.25, 0.3) is 0 Å². The van der Waals surface area contributed by atoms with Gasteiger partial charge in [-0.1, -0.05) is 32.0 Å². The molecule has 7 heteroatoms. The molecule has 1 aromatic carbocycles. The minimum atomic E-state index is -0.164. The predicted octanol–water partition coefficient (Wildman–Crippen LogP) is 3.17. The molecule has 2 rings (SSSR count). The lowest BCUT2D eigenvalue weighted by Crippen LogP contribution is -2.30. The van der Waals surface area contributed by atoms with Crippen LogP contribution < -0.4 is 16.0 Å². The van der Waals surface area contributed by atoms with Crippen LogP contribution in [0.1, 0.15) is 41.9 Å². The molecule has 1 heterocycles. The van der Waals surface area contributed by atoms with Gasteiger partial charge in [0, 0.05) is 31.1 Å². The third-order valence-electron chi connectivity index (χ3n) is 4.13. The molecule has 3 N–H and O–H groups in total. The van der Waals surface area contributed by atoms with Crippen LogP contribution >= 0.6 is 11.3 Å². The number of anilines is 1. The second-order valence-corrected chi connectivity index (χ2v) is 7.21. The molecule has 2 aromatic rings. The summed E-state index contributed by atoms with van der Waals surface area (Å²) in [6.45, 7) is 4.51. The Morgan fingerprint density at radius 1 is 1.11 bits per heavy atom. The van der Waals surface area contributed by atoms with Crippen LogP contribution in [0.3, 0.4) is 0 Å². The number of carbonyl (C=O) groups is 3. The van der Waals surface area contributed by atoms with Crippen LogP contribution in [0.2, 0.25) is 0 Å². The van der Waals surface area contributed by atoms with E-state index in [9.17, 15) is 14.4 Å². The van der Waals surface area contributed by atoms with Crippen molar-refractivity contribution in [2.75, 3.05) is 11.9 Å². The topological polar surface area (TPSA) is 87.3 Å². The van der Waals surface area contributed by atoms with E-state index < -0.39 is 0 Å². The Balaban J connectivity index is 1.74. The minimum Gasteiger partial charge on any atom is -0.352 e. The highest BCUT2D eigenvalue weighted by atomic mass is 32.1. The smallest absolute Gasteiger partial charge is 0.261 e. The van der Waals surface area contributed by atoms with Crippen LogP contribution in [0, 0.1) is 5.92 Å². The van der Waals surface area contributed by atoms with Gasteiger partial charge in [0.25, 0.3) is 5.91 Å². The van der Waals surface area contributed by atoms with Crippen molar-refractivity contribution in [3.8, 4) is 0 Å². The van der Waals surface area contributed by atoms with E-state index in [1.807, 2.05) is 49.6 Å². The van der Waals surface area contributed by atoms with Gasteiger partial charge in [-0.2, -0.15) is 0 Å². The molecule has 1 aromatic heterocycles. The summed E-state index contributed by atoms with van der Waals surface area (Å²) in [5.74, 6) is -0.365. The van der Waals surface area contributed by atoms with Gasteiger partial charge in [0.05, 0.1) is 4.88 Å². The first-order valence-corrected chi connectivity index (χ1v) is 9.85. The fourth-order valence-electron chi connectivity index (χ4n) is 2.28. The van der Waals surface area contributed by atoms with E-state index in [0.29, 0.717) is 11.4 Å². The fraction of sp³-hybridized carbons (Fsp3) is 0.350. The largest absolute Gasteiger partial charge is 0.352 e. The Morgan fingerprint density at radius 2 is 1.93 bits per heavy atom. The van der Waals surface area contributed by atoms with Crippen molar-refractivity contribution < 1.29 is 14.4 Å². The number of amides is 3. The van der Waals surface area contributed by atoms with Crippen LogP contribution in [0.4, 0.5) is 5.69 Å². The average Bonchev–Trinajstić information content (AvgIpc) is 3.21. The molecule has 0 bridgehead atoms. The van der Waals surface area contributed by atoms with E-state index in [4.69, 9.17) is 0 Å². The maximum atomic E-state index is 12.0. The Kier molecular flexibility index (Phi) is 8.00. The maximum Gasteiger partial charge on any atom is 0.261 e. The molecule has 0 aliphatic heterocycles. The van der Waals surface area contributed by atoms with Gasteiger partial charge in [-0.15, -0.1) is 11.3 Å². The van der Waals surface area contributed by atoms with Crippen molar-refractivity contribution in [3.05, 3.63) is 52.2 Å². The fourth-order valence-corrected chi connectivity index (χ4v) is 2.92. The highest BCUT2D eigenvalue weighted by Gasteiger charge is 2.11. The SMILES string of the molecule is CCC(C)C(=O)Nc1cccc(CNC(=O)CCNC(=O)c2cccs2)c1. The standard InChI is InChI=1S/C20H25N3O3S/c1-3-14(2)19(25)23-16-7-4-6-15(12-16)13-22-18(24)9-10-21-20(26)17-8-5-11-27-17/h4-8,11-12,14H,3,9-10,13H2,1-2H3,(H,21,26)(H,22,24)(H,23,25). The molecule has 144 valence electrons. The molecule has 0 radical (unpaired) electrons. The number of hydrogen-bond donors (Lipinski definition) is 3. The zero-order chi connectivity index (χ0) is 19.6. The second-order valence-electron chi connectivity index (χ2n) is 6.26. The lowest BCUT2D eigenvalue weighted by atomic mass is 10.1. The third-order valence-corrected chi connectivity index (χ3v) is 5.00. The van der Waals surface area contributed by atoms with Gasteiger partial charge in [0.2, 0.25) is 11.8 Å². The van der Waals surface area contributed by atoms with E-state index in [1.165, 1.54) is 11.3 Å². The molecular formula is C20H25N3O3S. The van der Waals surface area contributed by atoms with Crippen LogP contribution in [0.15, 0.2) is 41.8 Å². The molecule has 1 unspecified atom stereocenters. The van der Waals surface area contributed by atoms with Crippen molar-refractivity contribution >= 4 is 34.7 Å². The lowest BCUT2D eigenvalue weighted by molar-refractivity contribution is -0.121. The predicted molar refractivity (Wildman–Crippen MR) is 108 cm³/mol. The van der Waals surface area contributed by atoms with Crippen molar-refractivity contribution in [1.82, 2.24) is 10.6 Å². The average molecular weight is 388 g/mol. The van der Waals surface area contributed by atoms with Crippen LogP contribution in [-0.2, 0) is 16.1 Å². The Bertz CT molecular complexity index is 775. The normalized spacial score (nSPS) is 11.5. The summed E-state index contributed by atoms with van der Waals surface area (Å²) in [6, 6.07) is 11.0. The highest BCUT2D eigenvalue weighted by molar-refractivity contribution is 7.12. The summed E-state index contributed by atoms with van der Waals surface area (Å²) in [6.07, 6.45) is 0.992. The molecule has 0 spiro atoms. The van der Waals surface area contributed by atoms with E-state index in [1.54, 1.807) is 6.07 Å². The highest BCUT2D eigenvalue weighted by Crippen LogP contribution is 2.13. The van der Waals surface area contributed by atoms with Crippen LogP contribution in [-0.4, -0.2) is 24.3 Å². The summed E-state index contributed by atoms with van der Waals surface area (Å²) in [5, 5.41) is 10.3. The minimum absolute atomic E-state index is 0.0137. The molecule has 1 atom stereocenters. The van der Waals surface area contributed by atoms with Crippen molar-refractivity contribution in [2.24, 2.45) is 5.92 Å². The molecular weight excluding hydrogens is 362 g/mol. The second kappa shape index (κ2) is 10.5. The van der Waals surface area contributed by atoms with Gasteiger partial charge in [0.1, 0.15) is 0 Å². The number of thiophene rings is 1. The van der Waals surface area contributed by atoms with Crippen LogP contribution in [0.5, 0.6) is 0 Å². The van der Waals surface area contributed by atoms with Gasteiger partial charge in [-0.3, -0.25) is 14.4 Å². The summed E-state index contributed by atoms with van der Waals surface area (Å²) in [4.78, 5) is 36.3. The quantitative estimate of drug-likeness (QED) is 0.618. The zero-order valence-corrected chi connectivity index (χ0v) is 16.4. The molecule has 6 nitrogen and oxygen atoms in total. The Labute approximate surface area is 163 Å². The van der Waals surface area contributed by atoms with Gasteiger partial charge in [-0.25, -0.2) is 0 Å². The molecule has 0 saturated heterocycles. The number of carbonyl (C=O) groups excluding carboxylic acids is 3. The summed E-state index contributed by atoms with van der Waals surface area (Å²) < 4.78 is 0. The Morgan fingerprint density at radius 3 is 2.63 bits per heavy atom. The molecule has 0 saturated carbocycles. The lowest BCUT2D eigenvalue weighted by Gasteiger charge is -2.11. The zero-order valence-electron chi connectivity index (χ0n) is 15.6. The summed E-state index contributed by atoms with van der Waals surface area (Å²) in [5.41, 5.74) is 1.61. The molecule has 0 aliphatic rings. The third kappa shape index (κ3) is 6.86. The van der Waals surface area contributed by atoms with E-state index >= 15 is 0 Å². The van der Waals surface area contributed by atoms with E-state index in [-0.39, 0.29) is 36.6 Å². The van der Waals surface area contributed by atoms with Gasteiger partial charge in [-0.05, 0) is 35.6 Å². The van der Waals surface area contributed by atoms with Gasteiger partial charge < -0.3 is 16.0 Å². The molecule has 0 fully saturated rings. The van der Waals surface area contributed by atoms with E-state index in [0.717, 1.165) is 17.7 Å². The van der Waals surface area contributed by atoms with Crippen molar-refractivity contribution in [1.29, 1.82) is 0 Å². The first-order valence-electron chi connectivity index (χ1n) is 8.97. The maximum absolute atomic E-state index is 12.0. The molecule has 0 aliphatic carbocycles. The summed E-state index contributed by atoms with van der Waals surface area (Å²) >= 11 is 1.36. The molecule has 3 amide bonds. The number of hydrogen-bond acceptors (Lipinski definition) is 4. The number of rotatable bonds is 9. The molecule has 27 heavy (non-hydrogen) atoms. The monoisotopic (exact) mass is 387 g/mol. The van der Waals surface area contributed by atoms with E-state index in [2.05, 4.69) is 16.0 Å². The number of benzene rings is 1. The summed E-state index contributed by atoms with van der Waals surface area (Å²) in [7, 11) is 0. The van der Waals surface area contributed by atoms with Crippen molar-refractivity contribution in [3.63, 3.8) is 0 Å². The first-order chi connectivity index (χ1) is 13.0. The van der Waals surface area contributed by atoms with Crippen molar-refractivity contribution in [2.45, 2.75) is 33.2 Å². The van der Waals surface area contributed by atoms with Gasteiger partial charge in [0.15, 0.2) is 0 Å². The Hall–Kier alpha value is -2.67. The number of nitrogens with one attached hydrogen (secondary N) is 3. The first kappa shape index (κ1) is 20.6. The van der Waals surface area contributed by atoms with Gasteiger partial charge >= 0.3 is 0 Å².